The number of rotatable bonds is 12. The summed E-state index contributed by atoms with van der Waals surface area (Å²) in [5.74, 6) is 3.31. The van der Waals surface area contributed by atoms with E-state index < -0.39 is 0 Å². The highest BCUT2D eigenvalue weighted by Gasteiger charge is 2.21. The lowest BCUT2D eigenvalue weighted by atomic mass is 9.80. The number of hydrogen-bond acceptors (Lipinski definition) is 3. The summed E-state index contributed by atoms with van der Waals surface area (Å²) >= 11 is 0. The largest absolute Gasteiger partial charge is 0.493 e. The highest BCUT2D eigenvalue weighted by atomic mass is 16.5. The molecule has 1 fully saturated rings. The first kappa shape index (κ1) is 25.3. The molecule has 1 atom stereocenters. The Morgan fingerprint density at radius 3 is 2.15 bits per heavy atom. The minimum atomic E-state index is -0.336. The number of hydrogen-bond donors (Lipinski definition) is 0. The van der Waals surface area contributed by atoms with Crippen molar-refractivity contribution >= 4 is 5.97 Å². The second kappa shape index (κ2) is 13.4. The minimum absolute atomic E-state index is 0.336. The number of ether oxygens (including phenoxy) is 2. The summed E-state index contributed by atoms with van der Waals surface area (Å²) < 4.78 is 11.6. The van der Waals surface area contributed by atoms with Crippen LogP contribution >= 0.6 is 0 Å². The summed E-state index contributed by atoms with van der Waals surface area (Å²) in [5.41, 5.74) is 1.81. The Balaban J connectivity index is 1.40. The van der Waals surface area contributed by atoms with Crippen LogP contribution in [-0.2, 0) is 6.42 Å². The van der Waals surface area contributed by atoms with E-state index in [9.17, 15) is 4.79 Å². The van der Waals surface area contributed by atoms with Crippen LogP contribution in [0.15, 0.2) is 48.5 Å². The zero-order chi connectivity index (χ0) is 23.5. The van der Waals surface area contributed by atoms with Crippen molar-refractivity contribution in [3.8, 4) is 11.5 Å². The number of carbonyl (C=O) groups is 1. The molecule has 1 aliphatic carbocycles. The summed E-state index contributed by atoms with van der Waals surface area (Å²) in [7, 11) is 0. The minimum Gasteiger partial charge on any atom is -0.493 e. The lowest BCUT2D eigenvalue weighted by molar-refractivity contribution is 0.0734. The molecule has 3 nitrogen and oxygen atoms in total. The van der Waals surface area contributed by atoms with Crippen LogP contribution in [0.1, 0.15) is 94.5 Å². The van der Waals surface area contributed by atoms with Gasteiger partial charge in [0.1, 0.15) is 11.5 Å². The first-order chi connectivity index (χ1) is 16.1. The highest BCUT2D eigenvalue weighted by Crippen LogP contribution is 2.32. The zero-order valence-corrected chi connectivity index (χ0v) is 20.9. The van der Waals surface area contributed by atoms with E-state index in [1.54, 1.807) is 12.1 Å². The summed E-state index contributed by atoms with van der Waals surface area (Å²) in [6.45, 7) is 7.50. The molecule has 1 aliphatic rings. The number of carbonyl (C=O) groups excluding carboxylic acids is 1. The van der Waals surface area contributed by atoms with Crippen LogP contribution in [0.3, 0.4) is 0 Å². The summed E-state index contributed by atoms with van der Waals surface area (Å²) in [5, 5.41) is 0. The molecule has 0 radical (unpaired) electrons. The molecule has 0 saturated heterocycles. The van der Waals surface area contributed by atoms with Gasteiger partial charge in [-0.3, -0.25) is 0 Å². The van der Waals surface area contributed by atoms with Gasteiger partial charge in [-0.25, -0.2) is 4.79 Å². The molecule has 1 saturated carbocycles. The fourth-order valence-corrected chi connectivity index (χ4v) is 4.68. The Morgan fingerprint density at radius 2 is 1.52 bits per heavy atom. The fourth-order valence-electron chi connectivity index (χ4n) is 4.68. The normalized spacial score (nSPS) is 19.1. The monoisotopic (exact) mass is 450 g/mol. The van der Waals surface area contributed by atoms with Crippen LogP contribution in [0, 0.1) is 17.8 Å². The number of benzene rings is 2. The Hall–Kier alpha value is -2.29. The molecular weight excluding hydrogens is 408 g/mol. The van der Waals surface area contributed by atoms with Gasteiger partial charge >= 0.3 is 5.97 Å². The van der Waals surface area contributed by atoms with Crippen LogP contribution in [0.4, 0.5) is 0 Å². The zero-order valence-electron chi connectivity index (χ0n) is 20.9. The first-order valence-electron chi connectivity index (χ1n) is 13.1. The smallest absolute Gasteiger partial charge is 0.343 e. The third-order valence-electron chi connectivity index (χ3n) is 7.17. The van der Waals surface area contributed by atoms with Crippen molar-refractivity contribution in [1.82, 2.24) is 0 Å². The van der Waals surface area contributed by atoms with Gasteiger partial charge in [0, 0.05) is 0 Å². The van der Waals surface area contributed by atoms with Crippen LogP contribution < -0.4 is 9.47 Å². The van der Waals surface area contributed by atoms with Crippen LogP contribution in [-0.4, -0.2) is 12.6 Å². The predicted molar refractivity (Wildman–Crippen MR) is 136 cm³/mol. The summed E-state index contributed by atoms with van der Waals surface area (Å²) in [4.78, 5) is 12.5. The van der Waals surface area contributed by atoms with Gasteiger partial charge in [-0.2, -0.15) is 0 Å². The van der Waals surface area contributed by atoms with E-state index in [0.29, 0.717) is 23.1 Å². The van der Waals surface area contributed by atoms with E-state index >= 15 is 0 Å². The average molecular weight is 451 g/mol. The molecule has 3 rings (SSSR count). The molecule has 0 N–H and O–H groups in total. The molecule has 1 unspecified atom stereocenters. The van der Waals surface area contributed by atoms with Crippen molar-refractivity contribution in [3.63, 3.8) is 0 Å². The van der Waals surface area contributed by atoms with Crippen molar-refractivity contribution in [2.45, 2.75) is 85.0 Å². The van der Waals surface area contributed by atoms with E-state index in [1.807, 2.05) is 36.4 Å². The topological polar surface area (TPSA) is 35.5 Å². The van der Waals surface area contributed by atoms with Gasteiger partial charge in [0.05, 0.1) is 12.2 Å². The molecule has 180 valence electrons. The van der Waals surface area contributed by atoms with Gasteiger partial charge in [-0.1, -0.05) is 77.8 Å². The first-order valence-corrected chi connectivity index (χ1v) is 13.1. The molecule has 0 heterocycles. The van der Waals surface area contributed by atoms with Gasteiger partial charge in [-0.05, 0) is 79.0 Å². The van der Waals surface area contributed by atoms with E-state index in [-0.39, 0.29) is 5.97 Å². The Kier molecular flexibility index (Phi) is 10.3. The van der Waals surface area contributed by atoms with Gasteiger partial charge < -0.3 is 9.47 Å². The molecule has 2 aromatic carbocycles. The van der Waals surface area contributed by atoms with Crippen molar-refractivity contribution < 1.29 is 14.3 Å². The van der Waals surface area contributed by atoms with Crippen molar-refractivity contribution in [2.75, 3.05) is 6.61 Å². The summed E-state index contributed by atoms with van der Waals surface area (Å²) in [6, 6.07) is 15.2. The lowest BCUT2D eigenvalue weighted by Gasteiger charge is -2.28. The van der Waals surface area contributed by atoms with Gasteiger partial charge in [0.15, 0.2) is 0 Å². The van der Waals surface area contributed by atoms with Crippen molar-refractivity contribution in [2.24, 2.45) is 17.8 Å². The molecule has 0 aliphatic heterocycles. The molecule has 0 bridgehead atoms. The van der Waals surface area contributed by atoms with E-state index in [2.05, 4.69) is 20.8 Å². The standard InChI is InChI=1S/C30H42O3/c1-4-6-7-8-24-9-11-26(12-10-24)22-32-28-19-15-27(16-20-28)30(31)33-29-17-13-25(14-18-29)21-23(3)5-2/h13-20,23-24,26H,4-12,21-22H2,1-3H3. The number of esters is 1. The Bertz CT molecular complexity index is 817. The van der Waals surface area contributed by atoms with Crippen LogP contribution in [0.2, 0.25) is 0 Å². The van der Waals surface area contributed by atoms with Gasteiger partial charge in [-0.15, -0.1) is 0 Å². The Labute approximate surface area is 200 Å². The molecule has 0 spiro atoms. The van der Waals surface area contributed by atoms with Crippen LogP contribution in [0.25, 0.3) is 0 Å². The maximum absolute atomic E-state index is 12.5. The number of unbranched alkanes of at least 4 members (excludes halogenated alkanes) is 2. The fraction of sp³-hybridized carbons (Fsp3) is 0.567. The second-order valence-corrected chi connectivity index (χ2v) is 9.97. The van der Waals surface area contributed by atoms with Gasteiger partial charge in [0.2, 0.25) is 0 Å². The van der Waals surface area contributed by atoms with Gasteiger partial charge in [0.25, 0.3) is 0 Å². The van der Waals surface area contributed by atoms with E-state index in [1.165, 1.54) is 56.9 Å². The predicted octanol–water partition coefficient (Wildman–Crippen LogP) is 8.26. The SMILES string of the molecule is CCCCCC1CCC(COc2ccc(C(=O)Oc3ccc(CC(C)CC)cc3)cc2)CC1. The Morgan fingerprint density at radius 1 is 0.879 bits per heavy atom. The third-order valence-corrected chi connectivity index (χ3v) is 7.17. The quantitative estimate of drug-likeness (QED) is 0.185. The third kappa shape index (κ3) is 8.53. The molecule has 33 heavy (non-hydrogen) atoms. The van der Waals surface area contributed by atoms with E-state index in [4.69, 9.17) is 9.47 Å². The molecule has 2 aromatic rings. The molecule has 3 heteroatoms. The molecule has 0 aromatic heterocycles. The van der Waals surface area contributed by atoms with Crippen molar-refractivity contribution in [3.05, 3.63) is 59.7 Å². The maximum Gasteiger partial charge on any atom is 0.343 e. The maximum atomic E-state index is 12.5. The highest BCUT2D eigenvalue weighted by molar-refractivity contribution is 5.91. The molecule has 0 amide bonds. The van der Waals surface area contributed by atoms with E-state index in [0.717, 1.165) is 31.1 Å². The molecular formula is C30H42O3. The second-order valence-electron chi connectivity index (χ2n) is 9.97. The van der Waals surface area contributed by atoms with Crippen molar-refractivity contribution in [1.29, 1.82) is 0 Å². The summed E-state index contributed by atoms with van der Waals surface area (Å²) in [6.07, 6.45) is 12.9. The van der Waals surface area contributed by atoms with Crippen LogP contribution in [0.5, 0.6) is 11.5 Å². The lowest BCUT2D eigenvalue weighted by Crippen LogP contribution is -2.20. The average Bonchev–Trinajstić information content (AvgIpc) is 2.85.